The zero-order chi connectivity index (χ0) is 13.6. The molecule has 0 amide bonds. The highest BCUT2D eigenvalue weighted by molar-refractivity contribution is 7.99. The van der Waals surface area contributed by atoms with E-state index < -0.39 is 0 Å². The quantitative estimate of drug-likeness (QED) is 0.372. The standard InChI is InChI=1S/C17H30S2/c1-2-3-4-5-6-7-8-9-14-18-15-10-12-17-13-11-16-19-17/h11,13,16H,2-10,12,14-15H2,1H3. The largest absolute Gasteiger partial charge is 0.162 e. The van der Waals surface area contributed by atoms with Crippen LogP contribution in [0.1, 0.15) is 69.6 Å². The highest BCUT2D eigenvalue weighted by Crippen LogP contribution is 2.15. The summed E-state index contributed by atoms with van der Waals surface area (Å²) in [7, 11) is 0. The van der Waals surface area contributed by atoms with Gasteiger partial charge in [-0.2, -0.15) is 11.8 Å². The van der Waals surface area contributed by atoms with Crippen molar-refractivity contribution in [3.63, 3.8) is 0 Å². The number of rotatable bonds is 13. The lowest BCUT2D eigenvalue weighted by molar-refractivity contribution is 0.586. The van der Waals surface area contributed by atoms with Crippen LogP contribution in [-0.4, -0.2) is 11.5 Å². The third-order valence-corrected chi connectivity index (χ3v) is 5.53. The molecule has 0 aliphatic heterocycles. The van der Waals surface area contributed by atoms with Crippen LogP contribution in [0.25, 0.3) is 0 Å². The summed E-state index contributed by atoms with van der Waals surface area (Å²) in [6.45, 7) is 2.29. The molecule has 0 fully saturated rings. The maximum Gasteiger partial charge on any atom is 0.00455 e. The van der Waals surface area contributed by atoms with Crippen LogP contribution in [0.2, 0.25) is 0 Å². The molecule has 1 aromatic rings. The van der Waals surface area contributed by atoms with Crippen molar-refractivity contribution in [2.75, 3.05) is 11.5 Å². The molecule has 0 nitrogen and oxygen atoms in total. The van der Waals surface area contributed by atoms with E-state index in [1.807, 2.05) is 11.3 Å². The Morgan fingerprint density at radius 1 is 0.895 bits per heavy atom. The van der Waals surface area contributed by atoms with Crippen LogP contribution >= 0.6 is 23.1 Å². The molecule has 1 rings (SSSR count). The molecule has 0 radical (unpaired) electrons. The van der Waals surface area contributed by atoms with E-state index >= 15 is 0 Å². The van der Waals surface area contributed by atoms with Crippen molar-refractivity contribution in [1.29, 1.82) is 0 Å². The van der Waals surface area contributed by atoms with E-state index in [-0.39, 0.29) is 0 Å². The number of unbranched alkanes of at least 4 members (excludes halogenated alkanes) is 7. The Hall–Kier alpha value is 0.0500. The van der Waals surface area contributed by atoms with E-state index in [0.717, 1.165) is 0 Å². The van der Waals surface area contributed by atoms with Crippen LogP contribution in [0.5, 0.6) is 0 Å². The van der Waals surface area contributed by atoms with Crippen LogP contribution in [0.4, 0.5) is 0 Å². The van der Waals surface area contributed by atoms with E-state index in [1.54, 1.807) is 4.88 Å². The molecule has 2 heteroatoms. The lowest BCUT2D eigenvalue weighted by Crippen LogP contribution is -1.88. The summed E-state index contributed by atoms with van der Waals surface area (Å²) in [5, 5.41) is 2.18. The van der Waals surface area contributed by atoms with E-state index in [9.17, 15) is 0 Å². The van der Waals surface area contributed by atoms with Crippen LogP contribution in [0.3, 0.4) is 0 Å². The molecular formula is C17H30S2. The van der Waals surface area contributed by atoms with Gasteiger partial charge in [-0.1, -0.05) is 57.9 Å². The van der Waals surface area contributed by atoms with Gasteiger partial charge in [0.05, 0.1) is 0 Å². The van der Waals surface area contributed by atoms with Gasteiger partial charge in [0.25, 0.3) is 0 Å². The zero-order valence-corrected chi connectivity index (χ0v) is 14.2. The molecule has 19 heavy (non-hydrogen) atoms. The number of hydrogen-bond donors (Lipinski definition) is 0. The average molecular weight is 299 g/mol. The second-order valence-corrected chi connectivity index (χ2v) is 7.53. The molecule has 110 valence electrons. The summed E-state index contributed by atoms with van der Waals surface area (Å²) >= 11 is 4.05. The summed E-state index contributed by atoms with van der Waals surface area (Å²) in [6.07, 6.45) is 14.1. The predicted molar refractivity (Wildman–Crippen MR) is 92.6 cm³/mol. The molecular weight excluding hydrogens is 268 g/mol. The van der Waals surface area contributed by atoms with E-state index in [0.29, 0.717) is 0 Å². The normalized spacial score (nSPS) is 11.0. The minimum atomic E-state index is 1.28. The van der Waals surface area contributed by atoms with Crippen LogP contribution < -0.4 is 0 Å². The number of hydrogen-bond acceptors (Lipinski definition) is 2. The Balaban J connectivity index is 1.72. The van der Waals surface area contributed by atoms with Gasteiger partial charge in [0.1, 0.15) is 0 Å². The molecule has 0 unspecified atom stereocenters. The number of aryl methyl sites for hydroxylation is 1. The first-order chi connectivity index (χ1) is 9.43. The molecule has 0 saturated heterocycles. The molecule has 0 N–H and O–H groups in total. The smallest absolute Gasteiger partial charge is 0.00455 e. The summed E-state index contributed by atoms with van der Waals surface area (Å²) in [5.41, 5.74) is 0. The van der Waals surface area contributed by atoms with Crippen molar-refractivity contribution >= 4 is 23.1 Å². The van der Waals surface area contributed by atoms with Gasteiger partial charge >= 0.3 is 0 Å². The van der Waals surface area contributed by atoms with Crippen molar-refractivity contribution in [2.24, 2.45) is 0 Å². The Kier molecular flexibility index (Phi) is 11.7. The first-order valence-corrected chi connectivity index (χ1v) is 10.1. The lowest BCUT2D eigenvalue weighted by Gasteiger charge is -2.02. The Morgan fingerprint density at radius 2 is 1.58 bits per heavy atom. The van der Waals surface area contributed by atoms with Crippen molar-refractivity contribution < 1.29 is 0 Å². The Bertz CT molecular complexity index is 267. The maximum absolute atomic E-state index is 2.29. The maximum atomic E-state index is 2.29. The highest BCUT2D eigenvalue weighted by Gasteiger charge is 1.95. The van der Waals surface area contributed by atoms with E-state index in [1.165, 1.54) is 75.7 Å². The summed E-state index contributed by atoms with van der Waals surface area (Å²) < 4.78 is 0. The Labute approximate surface area is 128 Å². The van der Waals surface area contributed by atoms with Gasteiger partial charge in [0.15, 0.2) is 0 Å². The van der Waals surface area contributed by atoms with Crippen molar-refractivity contribution in [3.05, 3.63) is 22.4 Å². The lowest BCUT2D eigenvalue weighted by atomic mass is 10.1. The van der Waals surface area contributed by atoms with Gasteiger partial charge in [-0.15, -0.1) is 11.3 Å². The van der Waals surface area contributed by atoms with E-state index in [4.69, 9.17) is 0 Å². The minimum Gasteiger partial charge on any atom is -0.162 e. The molecule has 1 aromatic heterocycles. The Morgan fingerprint density at radius 3 is 2.26 bits per heavy atom. The zero-order valence-electron chi connectivity index (χ0n) is 12.5. The van der Waals surface area contributed by atoms with E-state index in [2.05, 4.69) is 36.2 Å². The molecule has 1 heterocycles. The monoisotopic (exact) mass is 298 g/mol. The third-order valence-electron chi connectivity index (χ3n) is 3.43. The van der Waals surface area contributed by atoms with Gasteiger partial charge < -0.3 is 0 Å². The van der Waals surface area contributed by atoms with Crippen molar-refractivity contribution in [2.45, 2.75) is 71.1 Å². The molecule has 0 atom stereocenters. The minimum absolute atomic E-state index is 1.28. The SMILES string of the molecule is CCCCCCCCCCSCCCc1cccs1. The summed E-state index contributed by atoms with van der Waals surface area (Å²) in [5.74, 6) is 2.72. The second-order valence-electron chi connectivity index (χ2n) is 5.27. The second kappa shape index (κ2) is 13.1. The fourth-order valence-corrected chi connectivity index (χ4v) is 3.96. The van der Waals surface area contributed by atoms with Crippen molar-refractivity contribution in [1.82, 2.24) is 0 Å². The number of thioether (sulfide) groups is 1. The van der Waals surface area contributed by atoms with Gasteiger partial charge in [-0.3, -0.25) is 0 Å². The molecule has 0 spiro atoms. The fourth-order valence-electron chi connectivity index (χ4n) is 2.24. The summed E-state index contributed by atoms with van der Waals surface area (Å²) in [4.78, 5) is 1.55. The molecule has 0 aliphatic rings. The van der Waals surface area contributed by atoms with Crippen molar-refractivity contribution in [3.8, 4) is 0 Å². The summed E-state index contributed by atoms with van der Waals surface area (Å²) in [6, 6.07) is 4.42. The molecule has 0 aliphatic carbocycles. The van der Waals surface area contributed by atoms with Crippen LogP contribution in [-0.2, 0) is 6.42 Å². The van der Waals surface area contributed by atoms with Gasteiger partial charge in [-0.05, 0) is 42.2 Å². The molecule has 0 saturated carbocycles. The fraction of sp³-hybridized carbons (Fsp3) is 0.765. The molecule has 0 bridgehead atoms. The first kappa shape index (κ1) is 17.1. The highest BCUT2D eigenvalue weighted by atomic mass is 32.2. The third kappa shape index (κ3) is 10.5. The number of thiophene rings is 1. The average Bonchev–Trinajstić information content (AvgIpc) is 2.93. The predicted octanol–water partition coefficient (Wildman–Crippen LogP) is 6.55. The van der Waals surface area contributed by atoms with Gasteiger partial charge in [-0.25, -0.2) is 0 Å². The van der Waals surface area contributed by atoms with Gasteiger partial charge in [0.2, 0.25) is 0 Å². The first-order valence-electron chi connectivity index (χ1n) is 8.03. The topological polar surface area (TPSA) is 0 Å². The molecule has 0 aromatic carbocycles. The van der Waals surface area contributed by atoms with Gasteiger partial charge in [0, 0.05) is 4.88 Å². The van der Waals surface area contributed by atoms with Crippen LogP contribution in [0.15, 0.2) is 17.5 Å². The van der Waals surface area contributed by atoms with Crippen LogP contribution in [0, 0.1) is 0 Å².